The van der Waals surface area contributed by atoms with Crippen molar-refractivity contribution < 1.29 is 16.8 Å². The summed E-state index contributed by atoms with van der Waals surface area (Å²) >= 11 is 3.08. The predicted molar refractivity (Wildman–Crippen MR) is 69.1 cm³/mol. The lowest BCUT2D eigenvalue weighted by Crippen LogP contribution is -2.22. The maximum absolute atomic E-state index is 11.6. The second-order valence-corrected chi connectivity index (χ2v) is 8.25. The maximum Gasteiger partial charge on any atom is 0.233 e. The largest absolute Gasteiger partial charge is 0.281 e. The molecule has 0 saturated heterocycles. The molecule has 0 spiro atoms. The highest BCUT2D eigenvalue weighted by Gasteiger charge is 2.15. The maximum atomic E-state index is 11.6. The van der Waals surface area contributed by atoms with Gasteiger partial charge in [0.05, 0.1) is 17.2 Å². The molecule has 9 heteroatoms. The first-order valence-electron chi connectivity index (χ1n) is 4.48. The molecule has 96 valence electrons. The summed E-state index contributed by atoms with van der Waals surface area (Å²) in [5.74, 6) is -0.895. The number of sulfone groups is 1. The molecule has 17 heavy (non-hydrogen) atoms. The van der Waals surface area contributed by atoms with Crippen molar-refractivity contribution in [1.82, 2.24) is 4.98 Å². The average molecular weight is 343 g/mol. The highest BCUT2D eigenvalue weighted by atomic mass is 79.9. The quantitative estimate of drug-likeness (QED) is 0.792. The summed E-state index contributed by atoms with van der Waals surface area (Å²) in [6.07, 6.45) is 2.49. The van der Waals surface area contributed by atoms with Crippen molar-refractivity contribution in [2.75, 3.05) is 22.5 Å². The van der Waals surface area contributed by atoms with Crippen molar-refractivity contribution in [3.63, 3.8) is 0 Å². The molecular weight excluding hydrogens is 332 g/mol. The molecule has 0 bridgehead atoms. The molecule has 1 rings (SSSR count). The topological polar surface area (TPSA) is 93.2 Å². The van der Waals surface area contributed by atoms with Gasteiger partial charge in [0.25, 0.3) is 0 Å². The Labute approximate surface area is 109 Å². The van der Waals surface area contributed by atoms with E-state index in [1.165, 1.54) is 12.3 Å². The lowest BCUT2D eigenvalue weighted by atomic mass is 10.4. The normalized spacial score (nSPS) is 12.4. The Morgan fingerprint density at radius 3 is 2.47 bits per heavy atom. The van der Waals surface area contributed by atoms with E-state index in [1.807, 2.05) is 0 Å². The molecule has 0 atom stereocenters. The van der Waals surface area contributed by atoms with Crippen molar-refractivity contribution in [1.29, 1.82) is 0 Å². The Bertz CT molecular complexity index is 598. The van der Waals surface area contributed by atoms with Crippen LogP contribution < -0.4 is 4.72 Å². The van der Waals surface area contributed by atoms with Gasteiger partial charge in [-0.25, -0.2) is 21.8 Å². The number of nitrogens with one attached hydrogen (secondary N) is 1. The Kier molecular flexibility index (Phi) is 4.50. The van der Waals surface area contributed by atoms with Gasteiger partial charge in [-0.2, -0.15) is 0 Å². The number of hydrogen-bond donors (Lipinski definition) is 1. The van der Waals surface area contributed by atoms with Gasteiger partial charge in [0.1, 0.15) is 14.4 Å². The molecule has 0 saturated carbocycles. The van der Waals surface area contributed by atoms with E-state index >= 15 is 0 Å². The molecule has 0 aliphatic carbocycles. The third-order valence-corrected chi connectivity index (χ3v) is 4.86. The SMILES string of the molecule is CS(=O)(=O)CCS(=O)(=O)Nc1cccnc1Br. The van der Waals surface area contributed by atoms with Crippen molar-refractivity contribution in [2.45, 2.75) is 0 Å². The van der Waals surface area contributed by atoms with Crippen molar-refractivity contribution >= 4 is 41.5 Å². The number of rotatable bonds is 5. The van der Waals surface area contributed by atoms with Gasteiger partial charge in [0.15, 0.2) is 0 Å². The Morgan fingerprint density at radius 1 is 1.29 bits per heavy atom. The molecule has 1 aromatic rings. The molecule has 0 aromatic carbocycles. The van der Waals surface area contributed by atoms with E-state index in [2.05, 4.69) is 25.6 Å². The molecule has 1 N–H and O–H groups in total. The minimum atomic E-state index is -3.69. The van der Waals surface area contributed by atoms with Crippen molar-refractivity contribution in [2.24, 2.45) is 0 Å². The second-order valence-electron chi connectivity index (χ2n) is 3.39. The summed E-state index contributed by atoms with van der Waals surface area (Å²) in [6, 6.07) is 3.09. The fourth-order valence-corrected chi connectivity index (χ4v) is 4.11. The number of hydrogen-bond acceptors (Lipinski definition) is 5. The highest BCUT2D eigenvalue weighted by Crippen LogP contribution is 2.19. The van der Waals surface area contributed by atoms with E-state index in [4.69, 9.17) is 0 Å². The lowest BCUT2D eigenvalue weighted by molar-refractivity contribution is 0.593. The molecular formula is C8H11BrN2O4S2. The number of halogens is 1. The lowest BCUT2D eigenvalue weighted by Gasteiger charge is -2.08. The van der Waals surface area contributed by atoms with E-state index in [0.717, 1.165) is 6.26 Å². The summed E-state index contributed by atoms with van der Waals surface area (Å²) in [6.45, 7) is 0. The zero-order valence-electron chi connectivity index (χ0n) is 8.92. The van der Waals surface area contributed by atoms with Gasteiger partial charge < -0.3 is 0 Å². The minimum absolute atomic E-state index is 0.279. The first-order valence-corrected chi connectivity index (χ1v) is 8.99. The Morgan fingerprint density at radius 2 is 1.94 bits per heavy atom. The summed E-state index contributed by atoms with van der Waals surface area (Å²) < 4.78 is 47.5. The molecule has 0 aliphatic rings. The molecule has 1 aromatic heterocycles. The van der Waals surface area contributed by atoms with Crippen LogP contribution >= 0.6 is 15.9 Å². The summed E-state index contributed by atoms with van der Waals surface area (Å²) in [4.78, 5) is 3.84. The van der Waals surface area contributed by atoms with Crippen LogP contribution in [0, 0.1) is 0 Å². The zero-order valence-corrected chi connectivity index (χ0v) is 12.1. The standard InChI is InChI=1S/C8H11BrN2O4S2/c1-16(12,13)5-6-17(14,15)11-7-3-2-4-10-8(7)9/h2-4,11H,5-6H2,1H3. The highest BCUT2D eigenvalue weighted by molar-refractivity contribution is 9.10. The van der Waals surface area contributed by atoms with Gasteiger partial charge in [-0.15, -0.1) is 0 Å². The monoisotopic (exact) mass is 342 g/mol. The van der Waals surface area contributed by atoms with Gasteiger partial charge >= 0.3 is 0 Å². The molecule has 0 aliphatic heterocycles. The van der Waals surface area contributed by atoms with Gasteiger partial charge in [-0.1, -0.05) is 0 Å². The van der Waals surface area contributed by atoms with E-state index in [0.29, 0.717) is 4.60 Å². The average Bonchev–Trinajstić information content (AvgIpc) is 2.18. The first kappa shape index (κ1) is 14.4. The molecule has 0 fully saturated rings. The van der Waals surface area contributed by atoms with Crippen molar-refractivity contribution in [3.8, 4) is 0 Å². The van der Waals surface area contributed by atoms with E-state index in [9.17, 15) is 16.8 Å². The summed E-state index contributed by atoms with van der Waals surface area (Å²) in [5, 5.41) is 0. The molecule has 0 unspecified atom stereocenters. The van der Waals surface area contributed by atoms with Crippen LogP contribution in [0.15, 0.2) is 22.9 Å². The molecule has 1 heterocycles. The second kappa shape index (κ2) is 5.32. The van der Waals surface area contributed by atoms with Crippen LogP contribution in [0.2, 0.25) is 0 Å². The molecule has 0 amide bonds. The van der Waals surface area contributed by atoms with Crippen molar-refractivity contribution in [3.05, 3.63) is 22.9 Å². The van der Waals surface area contributed by atoms with E-state index in [1.54, 1.807) is 6.07 Å². The van der Waals surface area contributed by atoms with Gasteiger partial charge in [0.2, 0.25) is 10.0 Å². The Hall–Kier alpha value is -0.670. The summed E-state index contributed by atoms with van der Waals surface area (Å²) in [7, 11) is -7.00. The Balaban J connectivity index is 2.78. The molecule has 6 nitrogen and oxygen atoms in total. The van der Waals surface area contributed by atoms with E-state index < -0.39 is 31.4 Å². The van der Waals surface area contributed by atoms with Gasteiger partial charge in [0, 0.05) is 12.5 Å². The van der Waals surface area contributed by atoms with E-state index in [-0.39, 0.29) is 5.69 Å². The zero-order chi connectivity index (χ0) is 13.1. The number of nitrogens with zero attached hydrogens (tertiary/aromatic N) is 1. The van der Waals surface area contributed by atoms with Crippen LogP contribution in [0.1, 0.15) is 0 Å². The van der Waals surface area contributed by atoms with Crippen LogP contribution in [-0.4, -0.2) is 39.6 Å². The van der Waals surface area contributed by atoms with Crippen LogP contribution in [0.5, 0.6) is 0 Å². The van der Waals surface area contributed by atoms with Crippen LogP contribution in [-0.2, 0) is 19.9 Å². The fraction of sp³-hybridized carbons (Fsp3) is 0.375. The van der Waals surface area contributed by atoms with Crippen LogP contribution in [0.3, 0.4) is 0 Å². The van der Waals surface area contributed by atoms with Crippen LogP contribution in [0.25, 0.3) is 0 Å². The third kappa shape index (κ3) is 5.46. The number of aromatic nitrogens is 1. The number of anilines is 1. The smallest absolute Gasteiger partial charge is 0.233 e. The number of sulfonamides is 1. The first-order chi connectivity index (χ1) is 7.70. The minimum Gasteiger partial charge on any atom is -0.281 e. The van der Waals surface area contributed by atoms with Crippen LogP contribution in [0.4, 0.5) is 5.69 Å². The summed E-state index contributed by atoms with van der Waals surface area (Å²) in [5.41, 5.74) is 0.279. The fourth-order valence-electron chi connectivity index (χ4n) is 0.942. The molecule has 0 radical (unpaired) electrons. The predicted octanol–water partition coefficient (Wildman–Crippen LogP) is 0.630. The third-order valence-electron chi connectivity index (χ3n) is 1.75. The van der Waals surface area contributed by atoms with Gasteiger partial charge in [-0.3, -0.25) is 4.72 Å². The number of pyridine rings is 1. The van der Waals surface area contributed by atoms with Gasteiger partial charge in [-0.05, 0) is 28.1 Å².